The number of piperidine rings is 2. The van der Waals surface area contributed by atoms with E-state index in [1.54, 1.807) is 11.0 Å². The average molecular weight is 422 g/mol. The maximum absolute atomic E-state index is 14.1. The van der Waals surface area contributed by atoms with Gasteiger partial charge < -0.3 is 14.5 Å². The Morgan fingerprint density at radius 3 is 2.50 bits per heavy atom. The van der Waals surface area contributed by atoms with Crippen molar-refractivity contribution in [3.63, 3.8) is 0 Å². The van der Waals surface area contributed by atoms with Gasteiger partial charge in [-0.1, -0.05) is 0 Å². The molecule has 3 aliphatic rings. The standard InChI is InChI=1S/C20H24F2N4O4/c1-30-18(29)14-8-20(21,22)12-26(11-14)17(28)15-9-19(15)3-6-25(7-4-19)16(27)13-2-5-23-24-10-13/h2,5,10,14-15H,3-4,6-9,11-12H2,1H3. The summed E-state index contributed by atoms with van der Waals surface area (Å²) < 4.78 is 32.9. The lowest BCUT2D eigenvalue weighted by Crippen LogP contribution is -2.52. The number of hydrogen-bond acceptors (Lipinski definition) is 6. The van der Waals surface area contributed by atoms with Crippen molar-refractivity contribution in [1.29, 1.82) is 0 Å². The van der Waals surface area contributed by atoms with Gasteiger partial charge in [0.25, 0.3) is 11.8 Å². The maximum Gasteiger partial charge on any atom is 0.310 e. The summed E-state index contributed by atoms with van der Waals surface area (Å²) in [6, 6.07) is 1.61. The molecule has 30 heavy (non-hydrogen) atoms. The molecule has 10 heteroatoms. The molecule has 1 aromatic heterocycles. The van der Waals surface area contributed by atoms with Gasteiger partial charge in [-0.3, -0.25) is 14.4 Å². The molecular formula is C20H24F2N4O4. The molecule has 0 aromatic carbocycles. The molecule has 2 saturated heterocycles. The van der Waals surface area contributed by atoms with E-state index in [0.717, 1.165) is 12.0 Å². The molecule has 4 rings (SSSR count). The number of nitrogens with zero attached hydrogens (tertiary/aromatic N) is 4. The Bertz CT molecular complexity index is 842. The van der Waals surface area contributed by atoms with Gasteiger partial charge in [0.05, 0.1) is 37.5 Å². The second-order valence-electron chi connectivity index (χ2n) is 8.54. The molecule has 3 heterocycles. The molecule has 0 bridgehead atoms. The summed E-state index contributed by atoms with van der Waals surface area (Å²) in [5, 5.41) is 7.39. The van der Waals surface area contributed by atoms with E-state index in [-0.39, 0.29) is 29.7 Å². The summed E-state index contributed by atoms with van der Waals surface area (Å²) in [5.74, 6) is -5.60. The zero-order valence-electron chi connectivity index (χ0n) is 16.7. The first kappa shape index (κ1) is 20.6. The first-order valence-electron chi connectivity index (χ1n) is 10.1. The predicted molar refractivity (Wildman–Crippen MR) is 99.4 cm³/mol. The number of rotatable bonds is 3. The Balaban J connectivity index is 1.37. The van der Waals surface area contributed by atoms with Gasteiger partial charge in [0.15, 0.2) is 0 Å². The molecule has 162 valence electrons. The van der Waals surface area contributed by atoms with Gasteiger partial charge in [-0.25, -0.2) is 8.78 Å². The number of hydrogen-bond donors (Lipinski definition) is 0. The summed E-state index contributed by atoms with van der Waals surface area (Å²) in [6.45, 7) is 0.316. The lowest BCUT2D eigenvalue weighted by atomic mass is 9.89. The van der Waals surface area contributed by atoms with Crippen LogP contribution in [0.3, 0.4) is 0 Å². The molecule has 2 atom stereocenters. The third-order valence-electron chi connectivity index (χ3n) is 6.62. The SMILES string of the molecule is COC(=O)C1CN(C(=O)C2CC23CCN(C(=O)c2ccnnc2)CC3)CC(F)(F)C1. The summed E-state index contributed by atoms with van der Waals surface area (Å²) >= 11 is 0. The number of aromatic nitrogens is 2. The van der Waals surface area contributed by atoms with Crippen LogP contribution in [0.4, 0.5) is 8.78 Å². The normalized spacial score (nSPS) is 26.9. The summed E-state index contributed by atoms with van der Waals surface area (Å²) in [5.41, 5.74) is 0.228. The van der Waals surface area contributed by atoms with E-state index in [1.165, 1.54) is 12.4 Å². The zero-order chi connectivity index (χ0) is 21.5. The lowest BCUT2D eigenvalue weighted by Gasteiger charge is -2.37. The van der Waals surface area contributed by atoms with Crippen LogP contribution < -0.4 is 0 Å². The number of alkyl halides is 2. The highest BCUT2D eigenvalue weighted by Gasteiger charge is 2.60. The molecule has 2 amide bonds. The lowest BCUT2D eigenvalue weighted by molar-refractivity contribution is -0.162. The summed E-state index contributed by atoms with van der Waals surface area (Å²) in [7, 11) is 1.16. The van der Waals surface area contributed by atoms with E-state index >= 15 is 0 Å². The van der Waals surface area contributed by atoms with E-state index in [0.29, 0.717) is 37.9 Å². The number of ether oxygens (including phenoxy) is 1. The minimum Gasteiger partial charge on any atom is -0.469 e. The van der Waals surface area contributed by atoms with E-state index in [2.05, 4.69) is 14.9 Å². The van der Waals surface area contributed by atoms with Gasteiger partial charge >= 0.3 is 5.97 Å². The number of carbonyl (C=O) groups is 3. The van der Waals surface area contributed by atoms with Crippen molar-refractivity contribution in [1.82, 2.24) is 20.0 Å². The highest BCUT2D eigenvalue weighted by Crippen LogP contribution is 2.60. The summed E-state index contributed by atoms with van der Waals surface area (Å²) in [4.78, 5) is 40.1. The number of carbonyl (C=O) groups excluding carboxylic acids is 3. The largest absolute Gasteiger partial charge is 0.469 e. The molecule has 1 saturated carbocycles. The molecule has 3 fully saturated rings. The van der Waals surface area contributed by atoms with Crippen molar-refractivity contribution in [3.05, 3.63) is 24.0 Å². The van der Waals surface area contributed by atoms with E-state index in [9.17, 15) is 23.2 Å². The van der Waals surface area contributed by atoms with Crippen LogP contribution in [0.1, 0.15) is 36.0 Å². The Morgan fingerprint density at radius 1 is 1.13 bits per heavy atom. The third-order valence-corrected chi connectivity index (χ3v) is 6.62. The molecule has 0 N–H and O–H groups in total. The van der Waals surface area contributed by atoms with Crippen molar-refractivity contribution in [2.24, 2.45) is 17.3 Å². The Hall–Kier alpha value is -2.65. The zero-order valence-corrected chi connectivity index (χ0v) is 16.7. The van der Waals surface area contributed by atoms with Crippen LogP contribution in [0.5, 0.6) is 0 Å². The highest BCUT2D eigenvalue weighted by atomic mass is 19.3. The number of likely N-dealkylation sites (tertiary alicyclic amines) is 2. The van der Waals surface area contributed by atoms with Crippen LogP contribution >= 0.6 is 0 Å². The van der Waals surface area contributed by atoms with Gasteiger partial charge in [-0.2, -0.15) is 10.2 Å². The first-order chi connectivity index (χ1) is 14.2. The van der Waals surface area contributed by atoms with Crippen LogP contribution in [-0.4, -0.2) is 77.0 Å². The molecular weight excluding hydrogens is 398 g/mol. The van der Waals surface area contributed by atoms with Crippen LogP contribution in [0.15, 0.2) is 18.5 Å². The van der Waals surface area contributed by atoms with Crippen LogP contribution in [0.25, 0.3) is 0 Å². The quantitative estimate of drug-likeness (QED) is 0.684. The van der Waals surface area contributed by atoms with E-state index in [4.69, 9.17) is 0 Å². The number of methoxy groups -OCH3 is 1. The van der Waals surface area contributed by atoms with Crippen molar-refractivity contribution >= 4 is 17.8 Å². The van der Waals surface area contributed by atoms with Crippen molar-refractivity contribution < 1.29 is 27.9 Å². The fourth-order valence-electron chi connectivity index (χ4n) is 4.82. The van der Waals surface area contributed by atoms with Crippen LogP contribution in [0, 0.1) is 17.3 Å². The van der Waals surface area contributed by atoms with Gasteiger partial charge in [0.2, 0.25) is 5.91 Å². The third kappa shape index (κ3) is 3.87. The first-order valence-corrected chi connectivity index (χ1v) is 10.1. The molecule has 2 unspecified atom stereocenters. The maximum atomic E-state index is 14.1. The second-order valence-corrected chi connectivity index (χ2v) is 8.54. The van der Waals surface area contributed by atoms with E-state index < -0.39 is 30.8 Å². The van der Waals surface area contributed by atoms with Crippen molar-refractivity contribution in [2.45, 2.75) is 31.6 Å². The fraction of sp³-hybridized carbons (Fsp3) is 0.650. The fourth-order valence-corrected chi connectivity index (χ4v) is 4.82. The Labute approximate surface area is 172 Å². The van der Waals surface area contributed by atoms with Crippen molar-refractivity contribution in [3.8, 4) is 0 Å². The molecule has 1 spiro atoms. The number of esters is 1. The number of amides is 2. The van der Waals surface area contributed by atoms with Gasteiger partial charge in [-0.15, -0.1) is 0 Å². The van der Waals surface area contributed by atoms with Crippen molar-refractivity contribution in [2.75, 3.05) is 33.3 Å². The average Bonchev–Trinajstić information content (AvgIpc) is 3.45. The predicted octanol–water partition coefficient (Wildman–Crippen LogP) is 1.38. The Morgan fingerprint density at radius 2 is 1.87 bits per heavy atom. The molecule has 1 aliphatic carbocycles. The van der Waals surface area contributed by atoms with Gasteiger partial charge in [0, 0.05) is 32.0 Å². The monoisotopic (exact) mass is 422 g/mol. The van der Waals surface area contributed by atoms with Gasteiger partial charge in [0.1, 0.15) is 0 Å². The topological polar surface area (TPSA) is 92.7 Å². The molecule has 0 radical (unpaired) electrons. The minimum atomic E-state index is -3.11. The molecule has 2 aliphatic heterocycles. The second kappa shape index (κ2) is 7.55. The smallest absolute Gasteiger partial charge is 0.310 e. The number of halogens is 2. The summed E-state index contributed by atoms with van der Waals surface area (Å²) in [6.07, 6.45) is 4.22. The van der Waals surface area contributed by atoms with Crippen LogP contribution in [0.2, 0.25) is 0 Å². The minimum absolute atomic E-state index is 0.0344. The highest BCUT2D eigenvalue weighted by molar-refractivity contribution is 5.94. The molecule has 8 nitrogen and oxygen atoms in total. The van der Waals surface area contributed by atoms with E-state index in [1.807, 2.05) is 0 Å². The Kier molecular flexibility index (Phi) is 5.19. The molecule has 1 aromatic rings. The van der Waals surface area contributed by atoms with Crippen LogP contribution in [-0.2, 0) is 14.3 Å². The van der Waals surface area contributed by atoms with Gasteiger partial charge in [-0.05, 0) is 30.7 Å².